The van der Waals surface area contributed by atoms with Gasteiger partial charge >= 0.3 is 0 Å². The van der Waals surface area contributed by atoms with Crippen molar-refractivity contribution in [3.63, 3.8) is 0 Å². The predicted octanol–water partition coefficient (Wildman–Crippen LogP) is 6.93. The molecule has 0 N–H and O–H groups in total. The lowest BCUT2D eigenvalue weighted by atomic mass is 9.72. The van der Waals surface area contributed by atoms with Crippen LogP contribution in [0.4, 0.5) is 4.39 Å². The molecule has 0 atom stereocenters. The maximum atomic E-state index is 13.8. The summed E-state index contributed by atoms with van der Waals surface area (Å²) in [5, 5.41) is 0. The van der Waals surface area contributed by atoms with E-state index in [4.69, 9.17) is 0 Å². The first-order valence-electron chi connectivity index (χ1n) is 9.79. The predicted molar refractivity (Wildman–Crippen MR) is 96.3 cm³/mol. The Hall–Kier alpha value is -0.850. The molecule has 2 aliphatic carbocycles. The molecule has 2 saturated carbocycles. The Kier molecular flexibility index (Phi) is 5.44. The highest BCUT2D eigenvalue weighted by molar-refractivity contribution is 5.32. The summed E-state index contributed by atoms with van der Waals surface area (Å²) < 4.78 is 13.8. The van der Waals surface area contributed by atoms with Crippen LogP contribution in [-0.4, -0.2) is 0 Å². The van der Waals surface area contributed by atoms with Gasteiger partial charge in [-0.15, -0.1) is 0 Å². The number of benzene rings is 1. The molecule has 0 amide bonds. The van der Waals surface area contributed by atoms with Crippen molar-refractivity contribution in [1.29, 1.82) is 0 Å². The zero-order valence-corrected chi connectivity index (χ0v) is 15.2. The summed E-state index contributed by atoms with van der Waals surface area (Å²) in [5.41, 5.74) is 3.02. The third kappa shape index (κ3) is 4.17. The molecule has 1 aromatic carbocycles. The topological polar surface area (TPSA) is 0 Å². The Morgan fingerprint density at radius 3 is 1.83 bits per heavy atom. The van der Waals surface area contributed by atoms with Crippen molar-refractivity contribution in [3.8, 4) is 0 Å². The minimum Gasteiger partial charge on any atom is -0.206 e. The van der Waals surface area contributed by atoms with E-state index >= 15 is 0 Å². The van der Waals surface area contributed by atoms with Crippen molar-refractivity contribution in [1.82, 2.24) is 0 Å². The van der Waals surface area contributed by atoms with Gasteiger partial charge in [-0.05, 0) is 86.3 Å². The summed E-state index contributed by atoms with van der Waals surface area (Å²) in [6.07, 6.45) is 12.7. The minimum atomic E-state index is -0.0195. The lowest BCUT2D eigenvalue weighted by Crippen LogP contribution is -2.19. The largest absolute Gasteiger partial charge is 0.206 e. The van der Waals surface area contributed by atoms with Crippen LogP contribution < -0.4 is 0 Å². The van der Waals surface area contributed by atoms with E-state index in [9.17, 15) is 4.39 Å². The van der Waals surface area contributed by atoms with Crippen LogP contribution in [0.25, 0.3) is 0 Å². The molecule has 0 nitrogen and oxygen atoms in total. The first kappa shape index (κ1) is 17.0. The van der Waals surface area contributed by atoms with Gasteiger partial charge < -0.3 is 0 Å². The second-order valence-corrected chi connectivity index (χ2v) is 8.55. The number of hydrogen-bond acceptors (Lipinski definition) is 0. The second-order valence-electron chi connectivity index (χ2n) is 8.55. The lowest BCUT2D eigenvalue weighted by molar-refractivity contribution is 0.211. The Morgan fingerprint density at radius 1 is 0.826 bits per heavy atom. The first-order chi connectivity index (χ1) is 11.0. The van der Waals surface area contributed by atoms with Crippen molar-refractivity contribution in [2.45, 2.75) is 84.5 Å². The van der Waals surface area contributed by atoms with Crippen molar-refractivity contribution >= 4 is 0 Å². The van der Waals surface area contributed by atoms with E-state index in [0.717, 1.165) is 28.9 Å². The molecule has 0 aliphatic heterocycles. The fourth-order valence-electron chi connectivity index (χ4n) is 4.98. The van der Waals surface area contributed by atoms with E-state index in [1.54, 1.807) is 0 Å². The number of rotatable bonds is 3. The maximum Gasteiger partial charge on any atom is 0.129 e. The molecule has 23 heavy (non-hydrogen) atoms. The van der Waals surface area contributed by atoms with Crippen molar-refractivity contribution in [2.24, 2.45) is 17.8 Å². The average Bonchev–Trinajstić information content (AvgIpc) is 2.55. The van der Waals surface area contributed by atoms with Crippen LogP contribution in [-0.2, 0) is 0 Å². The second kappa shape index (κ2) is 7.36. The quantitative estimate of drug-likeness (QED) is 0.567. The SMILES string of the molecule is Cc1cc(C2CCC(CC3CCC(C)CC3)CC2)cc(C)c1F. The highest BCUT2D eigenvalue weighted by Crippen LogP contribution is 2.41. The Bertz CT molecular complexity index is 494. The van der Waals surface area contributed by atoms with Crippen LogP contribution in [0.1, 0.15) is 87.3 Å². The lowest BCUT2D eigenvalue weighted by Gasteiger charge is -2.33. The molecule has 1 heteroatoms. The summed E-state index contributed by atoms with van der Waals surface area (Å²) in [4.78, 5) is 0. The van der Waals surface area contributed by atoms with Crippen molar-refractivity contribution in [2.75, 3.05) is 0 Å². The van der Waals surface area contributed by atoms with Gasteiger partial charge in [0.15, 0.2) is 0 Å². The molecule has 0 aromatic heterocycles. The van der Waals surface area contributed by atoms with Crippen LogP contribution in [0, 0.1) is 37.4 Å². The maximum absolute atomic E-state index is 13.8. The van der Waals surface area contributed by atoms with Gasteiger partial charge in [0.25, 0.3) is 0 Å². The van der Waals surface area contributed by atoms with Gasteiger partial charge in [0.05, 0.1) is 0 Å². The summed E-state index contributed by atoms with van der Waals surface area (Å²) >= 11 is 0. The Labute approximate surface area is 141 Å². The van der Waals surface area contributed by atoms with Gasteiger partial charge in [0, 0.05) is 0 Å². The highest BCUT2D eigenvalue weighted by atomic mass is 19.1. The fourth-order valence-corrected chi connectivity index (χ4v) is 4.98. The Morgan fingerprint density at radius 2 is 1.30 bits per heavy atom. The summed E-state index contributed by atoms with van der Waals surface area (Å²) in [5.74, 6) is 3.56. The van der Waals surface area contributed by atoms with Gasteiger partial charge in [-0.25, -0.2) is 4.39 Å². The number of hydrogen-bond donors (Lipinski definition) is 0. The minimum absolute atomic E-state index is 0.0195. The van der Waals surface area contributed by atoms with E-state index in [2.05, 4.69) is 19.1 Å². The molecule has 0 spiro atoms. The van der Waals surface area contributed by atoms with Crippen LogP contribution in [0.15, 0.2) is 12.1 Å². The van der Waals surface area contributed by atoms with Gasteiger partial charge in [0.1, 0.15) is 5.82 Å². The van der Waals surface area contributed by atoms with Crippen LogP contribution in [0.5, 0.6) is 0 Å². The first-order valence-corrected chi connectivity index (χ1v) is 9.79. The number of aryl methyl sites for hydroxylation is 2. The van der Waals surface area contributed by atoms with E-state index in [1.165, 1.54) is 63.4 Å². The molecule has 128 valence electrons. The van der Waals surface area contributed by atoms with Gasteiger partial charge in [-0.2, -0.15) is 0 Å². The molecule has 0 saturated heterocycles. The average molecular weight is 317 g/mol. The molecule has 0 heterocycles. The van der Waals surface area contributed by atoms with Crippen LogP contribution in [0.3, 0.4) is 0 Å². The smallest absolute Gasteiger partial charge is 0.129 e. The molecule has 0 radical (unpaired) electrons. The van der Waals surface area contributed by atoms with Gasteiger partial charge in [-0.1, -0.05) is 44.7 Å². The van der Waals surface area contributed by atoms with Crippen LogP contribution in [0.2, 0.25) is 0 Å². The third-order valence-corrected chi connectivity index (χ3v) is 6.58. The molecule has 1 aromatic rings. The summed E-state index contributed by atoms with van der Waals surface area (Å²) in [6, 6.07) is 4.19. The summed E-state index contributed by atoms with van der Waals surface area (Å²) in [6.45, 7) is 6.22. The van der Waals surface area contributed by atoms with E-state index in [0.29, 0.717) is 5.92 Å². The molecule has 2 aliphatic rings. The molecular formula is C22H33F. The summed E-state index contributed by atoms with van der Waals surface area (Å²) in [7, 11) is 0. The molecule has 0 bridgehead atoms. The van der Waals surface area contributed by atoms with Gasteiger partial charge in [-0.3, -0.25) is 0 Å². The molecule has 2 fully saturated rings. The normalized spacial score (nSPS) is 32.0. The monoisotopic (exact) mass is 316 g/mol. The standard InChI is InChI=1S/C22H33F/c1-15-4-6-18(7-5-15)14-19-8-10-20(11-9-19)21-12-16(2)22(23)17(3)13-21/h12-13,15,18-20H,4-11,14H2,1-3H3. The van der Waals surface area contributed by atoms with Crippen molar-refractivity contribution < 1.29 is 4.39 Å². The van der Waals surface area contributed by atoms with Crippen LogP contribution >= 0.6 is 0 Å². The van der Waals surface area contributed by atoms with Crippen molar-refractivity contribution in [3.05, 3.63) is 34.6 Å². The highest BCUT2D eigenvalue weighted by Gasteiger charge is 2.27. The number of halogens is 1. The van der Waals surface area contributed by atoms with E-state index in [-0.39, 0.29) is 5.82 Å². The zero-order chi connectivity index (χ0) is 16.4. The van der Waals surface area contributed by atoms with E-state index in [1.807, 2.05) is 13.8 Å². The van der Waals surface area contributed by atoms with Gasteiger partial charge in [0.2, 0.25) is 0 Å². The third-order valence-electron chi connectivity index (χ3n) is 6.58. The molecule has 0 unspecified atom stereocenters. The fraction of sp³-hybridized carbons (Fsp3) is 0.727. The zero-order valence-electron chi connectivity index (χ0n) is 15.2. The Balaban J connectivity index is 1.52. The molecular weight excluding hydrogens is 283 g/mol. The van der Waals surface area contributed by atoms with E-state index < -0.39 is 0 Å². The molecule has 3 rings (SSSR count).